The molecule has 104 heavy (non-hydrogen) atoms. The van der Waals surface area contributed by atoms with Crippen molar-refractivity contribution in [3.63, 3.8) is 0 Å². The Hall–Kier alpha value is -12.6. The minimum Gasteiger partial charge on any atom is -0.311 e. The normalized spacial score (nSPS) is 13.0. The zero-order valence-electron chi connectivity index (χ0n) is 59.0. The average Bonchev–Trinajstić information content (AvgIpc) is 0.738. The largest absolute Gasteiger partial charge is 0.311 e. The SMILES string of the molecule is CC(C)(C)c1ccc(N(c2ccc(C(C)(C)C)cc2)c2cc3c4c(c2)N(c2ccc5c6ccccc6c6ccccc6c5c2)c2cc(-n5c6ccccc6c6ccccc65)ccc2B4c2ccc(-n4c5ccccc5c5ccccc54)cc2N3c2ccc3c4ccccc4c4ccccc4c3c2)cc1. The number of fused-ring (bicyclic) bond motifs is 22. The summed E-state index contributed by atoms with van der Waals surface area (Å²) in [5.74, 6) is 0. The second kappa shape index (κ2) is 22.4. The zero-order chi connectivity index (χ0) is 69.4. The van der Waals surface area contributed by atoms with Crippen LogP contribution in [0.5, 0.6) is 0 Å². The Morgan fingerprint density at radius 2 is 0.510 bits per heavy atom. The van der Waals surface area contributed by atoms with Gasteiger partial charge in [0.1, 0.15) is 0 Å². The second-order valence-corrected chi connectivity index (χ2v) is 30.8. The monoisotopic (exact) mass is 1330 g/mol. The molecular formula is C98H72BN5. The maximum absolute atomic E-state index is 2.65. The van der Waals surface area contributed by atoms with E-state index in [4.69, 9.17) is 0 Å². The van der Waals surface area contributed by atoms with Crippen LogP contribution in [0.25, 0.3) is 120 Å². The Bertz CT molecular complexity index is 6260. The van der Waals surface area contributed by atoms with Crippen molar-refractivity contribution in [3.8, 4) is 11.4 Å². The van der Waals surface area contributed by atoms with Gasteiger partial charge in [-0.05, 0) is 212 Å². The van der Waals surface area contributed by atoms with Gasteiger partial charge < -0.3 is 23.8 Å². The molecule has 0 radical (unpaired) electrons. The van der Waals surface area contributed by atoms with E-state index < -0.39 is 0 Å². The van der Waals surface area contributed by atoms with E-state index in [1.807, 2.05) is 0 Å². The molecule has 0 amide bonds. The maximum atomic E-state index is 2.65. The van der Waals surface area contributed by atoms with Gasteiger partial charge in [0.15, 0.2) is 0 Å². The summed E-state index contributed by atoms with van der Waals surface area (Å²) in [6.45, 7) is 13.6. The third-order valence-corrected chi connectivity index (χ3v) is 22.9. The van der Waals surface area contributed by atoms with Crippen molar-refractivity contribution in [1.82, 2.24) is 9.13 Å². The predicted octanol–water partition coefficient (Wildman–Crippen LogP) is 24.9. The summed E-state index contributed by atoms with van der Waals surface area (Å²) in [5.41, 5.74) is 22.8. The molecule has 19 aromatic rings. The first-order valence-electron chi connectivity index (χ1n) is 36.6. The van der Waals surface area contributed by atoms with Crippen LogP contribution in [0.1, 0.15) is 52.7 Å². The number of hydrogen-bond donors (Lipinski definition) is 0. The molecule has 0 bridgehead atoms. The smallest absolute Gasteiger partial charge is 0.252 e. The van der Waals surface area contributed by atoms with Crippen LogP contribution in [0.3, 0.4) is 0 Å². The van der Waals surface area contributed by atoms with Gasteiger partial charge in [0.2, 0.25) is 0 Å². The molecule has 0 aliphatic carbocycles. The van der Waals surface area contributed by atoms with Crippen LogP contribution in [-0.2, 0) is 10.8 Å². The van der Waals surface area contributed by atoms with E-state index in [0.29, 0.717) is 0 Å². The summed E-state index contributed by atoms with van der Waals surface area (Å²) in [6, 6.07) is 125. The maximum Gasteiger partial charge on any atom is 0.252 e. The standard InChI is InChI=1S/C98H72BN5/c1-97(2,3)61-39-43-63(44-40-61)100(64-45-41-62(42-46-64)98(4,5)6)69-59-94-96-95(60-69)104(66-48-52-79-75-28-10-8-24-71(75)73-26-12-14-30-77(73)85(79)56-66)93-58-68(102-90-37-21-17-33-82(90)83-34-18-22-38-91(83)102)50-54-87(93)99(96)86-53-49-67(101-88-35-19-15-31-80(88)81-32-16-20-36-89(81)101)57-92(86)103(94)65-47-51-78-74-27-9-7-23-70(74)72-25-11-13-29-76(72)84(78)55-65/h7-60H,1-6H3. The van der Waals surface area contributed by atoms with Crippen LogP contribution >= 0.6 is 0 Å². The van der Waals surface area contributed by atoms with Crippen LogP contribution in [0.2, 0.25) is 0 Å². The molecule has 0 unspecified atom stereocenters. The molecule has 0 fully saturated rings. The summed E-state index contributed by atoms with van der Waals surface area (Å²) < 4.78 is 4.98. The average molecular weight is 1330 g/mol. The van der Waals surface area contributed by atoms with E-state index in [0.717, 1.165) is 62.6 Å². The van der Waals surface area contributed by atoms with Crippen LogP contribution in [0, 0.1) is 0 Å². The summed E-state index contributed by atoms with van der Waals surface area (Å²) in [7, 11) is 0. The third-order valence-electron chi connectivity index (χ3n) is 22.9. The van der Waals surface area contributed by atoms with Crippen molar-refractivity contribution in [2.75, 3.05) is 14.7 Å². The Kier molecular flexibility index (Phi) is 13.0. The van der Waals surface area contributed by atoms with E-state index in [-0.39, 0.29) is 17.5 Å². The van der Waals surface area contributed by atoms with Crippen molar-refractivity contribution in [1.29, 1.82) is 0 Å². The van der Waals surface area contributed by atoms with Gasteiger partial charge in [-0.25, -0.2) is 0 Å². The first kappa shape index (κ1) is 60.2. The van der Waals surface area contributed by atoms with E-state index in [1.54, 1.807) is 0 Å². The first-order chi connectivity index (χ1) is 50.9. The van der Waals surface area contributed by atoms with Crippen LogP contribution in [0.15, 0.2) is 328 Å². The second-order valence-electron chi connectivity index (χ2n) is 30.8. The molecule has 0 N–H and O–H groups in total. The summed E-state index contributed by atoms with van der Waals surface area (Å²) in [4.78, 5) is 7.82. The first-order valence-corrected chi connectivity index (χ1v) is 36.6. The Morgan fingerprint density at radius 3 is 0.827 bits per heavy atom. The number of aromatic nitrogens is 2. The van der Waals surface area contributed by atoms with Crippen molar-refractivity contribution in [3.05, 3.63) is 339 Å². The van der Waals surface area contributed by atoms with Crippen LogP contribution < -0.4 is 31.1 Å². The molecule has 2 aliphatic heterocycles. The van der Waals surface area contributed by atoms with Gasteiger partial charge in [-0.1, -0.05) is 260 Å². The molecule has 0 saturated heterocycles. The highest BCUT2D eigenvalue weighted by Gasteiger charge is 2.45. The highest BCUT2D eigenvalue weighted by Crippen LogP contribution is 2.52. The van der Waals surface area contributed by atoms with Gasteiger partial charge in [-0.2, -0.15) is 0 Å². The molecule has 2 aliphatic rings. The third kappa shape index (κ3) is 8.94. The molecule has 492 valence electrons. The van der Waals surface area contributed by atoms with Crippen molar-refractivity contribution in [2.45, 2.75) is 52.4 Å². The fraction of sp³-hybridized carbons (Fsp3) is 0.0816. The summed E-state index contributed by atoms with van der Waals surface area (Å²) in [6.07, 6.45) is 0. The van der Waals surface area contributed by atoms with Gasteiger partial charge in [-0.15, -0.1) is 0 Å². The van der Waals surface area contributed by atoms with Crippen LogP contribution in [0.4, 0.5) is 51.2 Å². The van der Waals surface area contributed by atoms with E-state index >= 15 is 0 Å². The minimum absolute atomic E-state index is 0.0599. The van der Waals surface area contributed by atoms with Gasteiger partial charge in [0, 0.05) is 78.4 Å². The minimum atomic E-state index is -0.230. The topological polar surface area (TPSA) is 19.6 Å². The van der Waals surface area contributed by atoms with Gasteiger partial charge in [-0.3, -0.25) is 0 Å². The molecule has 5 nitrogen and oxygen atoms in total. The Labute approximate surface area is 605 Å². The van der Waals surface area contributed by atoms with Crippen LogP contribution in [-0.4, -0.2) is 15.8 Å². The van der Waals surface area contributed by atoms with Gasteiger partial charge in [0.05, 0.1) is 27.8 Å². The van der Waals surface area contributed by atoms with Crippen molar-refractivity contribution < 1.29 is 0 Å². The molecular weight excluding hydrogens is 1260 g/mol. The van der Waals surface area contributed by atoms with Gasteiger partial charge >= 0.3 is 0 Å². The van der Waals surface area contributed by atoms with E-state index in [1.165, 1.54) is 136 Å². The molecule has 0 atom stereocenters. The Morgan fingerprint density at radius 1 is 0.231 bits per heavy atom. The lowest BCUT2D eigenvalue weighted by atomic mass is 9.33. The molecule has 4 heterocycles. The predicted molar refractivity (Wildman–Crippen MR) is 446 cm³/mol. The number of benzene rings is 17. The van der Waals surface area contributed by atoms with Crippen molar-refractivity contribution >= 4 is 183 Å². The van der Waals surface area contributed by atoms with Gasteiger partial charge in [0.25, 0.3) is 6.71 Å². The molecule has 0 spiro atoms. The number of anilines is 9. The molecule has 2 aromatic heterocycles. The summed E-state index contributed by atoms with van der Waals surface area (Å²) >= 11 is 0. The molecule has 0 saturated carbocycles. The number of rotatable bonds is 7. The molecule has 17 aromatic carbocycles. The number of para-hydroxylation sites is 4. The highest BCUT2D eigenvalue weighted by atomic mass is 15.2. The molecule has 21 rings (SSSR count). The Balaban J connectivity index is 0.922. The zero-order valence-corrected chi connectivity index (χ0v) is 59.0. The number of nitrogens with zero attached hydrogens (tertiary/aromatic N) is 5. The lowest BCUT2D eigenvalue weighted by Crippen LogP contribution is -2.61. The lowest BCUT2D eigenvalue weighted by Gasteiger charge is -2.45. The quantitative estimate of drug-likeness (QED) is 0.117. The fourth-order valence-corrected chi connectivity index (χ4v) is 18.1. The van der Waals surface area contributed by atoms with E-state index in [2.05, 4.69) is 393 Å². The van der Waals surface area contributed by atoms with Crippen molar-refractivity contribution in [2.24, 2.45) is 0 Å². The lowest BCUT2D eigenvalue weighted by molar-refractivity contribution is 0.590. The molecule has 6 heteroatoms. The number of hydrogen-bond acceptors (Lipinski definition) is 3. The van der Waals surface area contributed by atoms with E-state index in [9.17, 15) is 0 Å². The highest BCUT2D eigenvalue weighted by molar-refractivity contribution is 7.00. The summed E-state index contributed by atoms with van der Waals surface area (Å²) in [5, 5.41) is 19.7. The fourth-order valence-electron chi connectivity index (χ4n) is 18.1.